The normalized spacial score (nSPS) is 13.0. The first-order valence-corrected chi connectivity index (χ1v) is 9.24. The topological polar surface area (TPSA) is 3.24 Å². The standard InChI is InChI=1S/C18H20BrNS/c1-2-3-4-7-12-20-15-8-5-6-9-17(15)21-18-13-14(19)10-11-16(18)20/h5-6,8-11,13H,2-4,7,12H2,1H3. The molecule has 3 heteroatoms. The van der Waals surface area contributed by atoms with Crippen molar-refractivity contribution in [3.63, 3.8) is 0 Å². The summed E-state index contributed by atoms with van der Waals surface area (Å²) in [4.78, 5) is 5.20. The molecule has 0 fully saturated rings. The van der Waals surface area contributed by atoms with Crippen molar-refractivity contribution in [1.82, 2.24) is 0 Å². The Bertz CT molecular complexity index is 626. The fraction of sp³-hybridized carbons (Fsp3) is 0.333. The Labute approximate surface area is 139 Å². The molecule has 0 saturated heterocycles. The van der Waals surface area contributed by atoms with E-state index in [-0.39, 0.29) is 0 Å². The van der Waals surface area contributed by atoms with Gasteiger partial charge in [-0.1, -0.05) is 66.0 Å². The predicted octanol–water partition coefficient (Wildman–Crippen LogP) is 6.63. The molecular weight excluding hydrogens is 342 g/mol. The van der Waals surface area contributed by atoms with Crippen LogP contribution < -0.4 is 4.90 Å². The van der Waals surface area contributed by atoms with Crippen molar-refractivity contribution < 1.29 is 0 Å². The summed E-state index contributed by atoms with van der Waals surface area (Å²) < 4.78 is 1.15. The van der Waals surface area contributed by atoms with E-state index in [1.807, 2.05) is 11.8 Å². The van der Waals surface area contributed by atoms with Crippen LogP contribution in [0, 0.1) is 0 Å². The van der Waals surface area contributed by atoms with Crippen molar-refractivity contribution >= 4 is 39.1 Å². The Morgan fingerprint density at radius 2 is 1.76 bits per heavy atom. The zero-order valence-electron chi connectivity index (χ0n) is 12.3. The third-order valence-corrected chi connectivity index (χ3v) is 5.43. The molecular formula is C18H20BrNS. The van der Waals surface area contributed by atoms with Gasteiger partial charge in [0.15, 0.2) is 0 Å². The largest absolute Gasteiger partial charge is 0.340 e. The lowest BCUT2D eigenvalue weighted by atomic mass is 10.1. The van der Waals surface area contributed by atoms with Crippen LogP contribution in [0.3, 0.4) is 0 Å². The summed E-state index contributed by atoms with van der Waals surface area (Å²) in [6, 6.07) is 15.4. The highest BCUT2D eigenvalue weighted by Gasteiger charge is 2.22. The van der Waals surface area contributed by atoms with E-state index in [0.29, 0.717) is 0 Å². The number of anilines is 2. The van der Waals surface area contributed by atoms with Gasteiger partial charge < -0.3 is 4.90 Å². The van der Waals surface area contributed by atoms with Gasteiger partial charge in [0.2, 0.25) is 0 Å². The molecule has 0 amide bonds. The van der Waals surface area contributed by atoms with E-state index < -0.39 is 0 Å². The zero-order chi connectivity index (χ0) is 14.7. The second kappa shape index (κ2) is 6.89. The zero-order valence-corrected chi connectivity index (χ0v) is 14.7. The highest BCUT2D eigenvalue weighted by Crippen LogP contribution is 2.48. The van der Waals surface area contributed by atoms with Crippen LogP contribution in [0.2, 0.25) is 0 Å². The maximum atomic E-state index is 3.59. The van der Waals surface area contributed by atoms with E-state index in [4.69, 9.17) is 0 Å². The highest BCUT2D eigenvalue weighted by atomic mass is 79.9. The Hall–Kier alpha value is -0.930. The SMILES string of the molecule is CCCCCCN1c2ccccc2Sc2cc(Br)ccc21. The highest BCUT2D eigenvalue weighted by molar-refractivity contribution is 9.10. The van der Waals surface area contributed by atoms with Gasteiger partial charge in [-0.25, -0.2) is 0 Å². The van der Waals surface area contributed by atoms with Gasteiger partial charge >= 0.3 is 0 Å². The number of nitrogens with zero attached hydrogens (tertiary/aromatic N) is 1. The van der Waals surface area contributed by atoms with Crippen molar-refractivity contribution in [3.8, 4) is 0 Å². The Morgan fingerprint density at radius 3 is 2.62 bits per heavy atom. The fourth-order valence-electron chi connectivity index (χ4n) is 2.74. The first-order valence-electron chi connectivity index (χ1n) is 7.63. The summed E-state index contributed by atoms with van der Waals surface area (Å²) in [5, 5.41) is 0. The molecule has 1 heterocycles. The molecule has 0 saturated carbocycles. The molecule has 110 valence electrons. The third-order valence-electron chi connectivity index (χ3n) is 3.82. The predicted molar refractivity (Wildman–Crippen MR) is 95.9 cm³/mol. The van der Waals surface area contributed by atoms with Crippen LogP contribution in [0.5, 0.6) is 0 Å². The van der Waals surface area contributed by atoms with Crippen molar-refractivity contribution in [2.24, 2.45) is 0 Å². The van der Waals surface area contributed by atoms with Crippen molar-refractivity contribution in [2.45, 2.75) is 42.4 Å². The second-order valence-electron chi connectivity index (χ2n) is 5.39. The number of benzene rings is 2. The lowest BCUT2D eigenvalue weighted by molar-refractivity contribution is 0.665. The van der Waals surface area contributed by atoms with Crippen molar-refractivity contribution in [3.05, 3.63) is 46.9 Å². The quantitative estimate of drug-likeness (QED) is 0.549. The third kappa shape index (κ3) is 3.29. The second-order valence-corrected chi connectivity index (χ2v) is 7.39. The summed E-state index contributed by atoms with van der Waals surface area (Å²) in [7, 11) is 0. The van der Waals surface area contributed by atoms with Crippen LogP contribution >= 0.6 is 27.7 Å². The minimum Gasteiger partial charge on any atom is -0.340 e. The van der Waals surface area contributed by atoms with Gasteiger partial charge in [-0.05, 0) is 36.8 Å². The van der Waals surface area contributed by atoms with E-state index in [1.54, 1.807) is 0 Å². The lowest BCUT2D eigenvalue weighted by Gasteiger charge is -2.33. The van der Waals surface area contributed by atoms with Crippen LogP contribution in [0.1, 0.15) is 32.6 Å². The summed E-state index contributed by atoms with van der Waals surface area (Å²) >= 11 is 5.46. The fourth-order valence-corrected chi connectivity index (χ4v) is 4.39. The van der Waals surface area contributed by atoms with Gasteiger partial charge in [-0.2, -0.15) is 0 Å². The molecule has 2 aromatic rings. The molecule has 0 unspecified atom stereocenters. The first-order chi connectivity index (χ1) is 10.3. The first kappa shape index (κ1) is 15.0. The van der Waals surface area contributed by atoms with Crippen LogP contribution in [-0.4, -0.2) is 6.54 Å². The van der Waals surface area contributed by atoms with Crippen LogP contribution in [0.25, 0.3) is 0 Å². The Kier molecular flexibility index (Phi) is 4.91. The minimum absolute atomic E-state index is 1.10. The van der Waals surface area contributed by atoms with Crippen LogP contribution in [0.15, 0.2) is 56.7 Å². The number of rotatable bonds is 5. The molecule has 2 aromatic carbocycles. The molecule has 0 N–H and O–H groups in total. The number of fused-ring (bicyclic) bond motifs is 2. The van der Waals surface area contributed by atoms with E-state index in [1.165, 1.54) is 46.8 Å². The number of hydrogen-bond donors (Lipinski definition) is 0. The van der Waals surface area contributed by atoms with Gasteiger partial charge in [0.05, 0.1) is 11.4 Å². The number of hydrogen-bond acceptors (Lipinski definition) is 2. The van der Waals surface area contributed by atoms with Gasteiger partial charge in [0, 0.05) is 20.8 Å². The monoisotopic (exact) mass is 361 g/mol. The molecule has 0 aliphatic carbocycles. The van der Waals surface area contributed by atoms with Gasteiger partial charge in [-0.15, -0.1) is 0 Å². The van der Waals surface area contributed by atoms with Crippen LogP contribution in [0.4, 0.5) is 11.4 Å². The lowest BCUT2D eigenvalue weighted by Crippen LogP contribution is -2.21. The number of para-hydroxylation sites is 1. The number of halogens is 1. The summed E-state index contributed by atoms with van der Waals surface area (Å²) in [5.74, 6) is 0. The minimum atomic E-state index is 1.10. The Balaban J connectivity index is 1.90. The molecule has 3 rings (SSSR count). The van der Waals surface area contributed by atoms with E-state index in [9.17, 15) is 0 Å². The summed E-state index contributed by atoms with van der Waals surface area (Å²) in [5.41, 5.74) is 2.70. The summed E-state index contributed by atoms with van der Waals surface area (Å²) in [6.45, 7) is 3.37. The van der Waals surface area contributed by atoms with E-state index >= 15 is 0 Å². The molecule has 0 bridgehead atoms. The summed E-state index contributed by atoms with van der Waals surface area (Å²) in [6.07, 6.45) is 5.18. The molecule has 0 aromatic heterocycles. The van der Waals surface area contributed by atoms with E-state index in [0.717, 1.165) is 11.0 Å². The van der Waals surface area contributed by atoms with Gasteiger partial charge in [0.25, 0.3) is 0 Å². The van der Waals surface area contributed by atoms with Gasteiger partial charge in [-0.3, -0.25) is 0 Å². The smallest absolute Gasteiger partial charge is 0.0553 e. The molecule has 21 heavy (non-hydrogen) atoms. The van der Waals surface area contributed by atoms with E-state index in [2.05, 4.69) is 70.2 Å². The molecule has 0 atom stereocenters. The maximum Gasteiger partial charge on any atom is 0.0553 e. The Morgan fingerprint density at radius 1 is 0.952 bits per heavy atom. The molecule has 1 aliphatic heterocycles. The van der Waals surface area contributed by atoms with Gasteiger partial charge in [0.1, 0.15) is 0 Å². The van der Waals surface area contributed by atoms with Crippen LogP contribution in [-0.2, 0) is 0 Å². The van der Waals surface area contributed by atoms with Crippen molar-refractivity contribution in [2.75, 3.05) is 11.4 Å². The molecule has 1 aliphatic rings. The average molecular weight is 362 g/mol. The average Bonchev–Trinajstić information content (AvgIpc) is 2.50. The molecule has 0 radical (unpaired) electrons. The molecule has 0 spiro atoms. The number of unbranched alkanes of at least 4 members (excludes halogenated alkanes) is 3. The maximum absolute atomic E-state index is 3.59. The van der Waals surface area contributed by atoms with Crippen molar-refractivity contribution in [1.29, 1.82) is 0 Å². The molecule has 1 nitrogen and oxygen atoms in total.